The summed E-state index contributed by atoms with van der Waals surface area (Å²) in [7, 11) is 0. The zero-order valence-corrected chi connectivity index (χ0v) is 17.1. The Labute approximate surface area is 152 Å². The minimum Gasteiger partial charge on any atom is -0.379 e. The van der Waals surface area contributed by atoms with Crippen molar-refractivity contribution in [2.45, 2.75) is 47.1 Å². The second kappa shape index (κ2) is 12.9. The predicted octanol–water partition coefficient (Wildman–Crippen LogP) is 1.75. The van der Waals surface area contributed by atoms with Gasteiger partial charge in [-0.2, -0.15) is 0 Å². The van der Waals surface area contributed by atoms with Crippen molar-refractivity contribution in [3.8, 4) is 0 Å². The second-order valence-corrected chi connectivity index (χ2v) is 6.39. The Morgan fingerprint density at radius 3 is 2.36 bits per heavy atom. The number of halogens is 1. The summed E-state index contributed by atoms with van der Waals surface area (Å²) in [4.78, 5) is 16.0. The maximum atomic E-state index is 11.7. The van der Waals surface area contributed by atoms with Crippen LogP contribution in [0, 0.1) is 5.92 Å². The van der Waals surface area contributed by atoms with Crippen LogP contribution in [0.4, 0.5) is 0 Å². The summed E-state index contributed by atoms with van der Waals surface area (Å²) in [5.74, 6) is 1.08. The molecular formula is C15H33IN4O2. The highest BCUT2D eigenvalue weighted by Gasteiger charge is 2.13. The number of nitrogens with zero attached hydrogens (tertiary/aromatic N) is 1. The molecule has 7 heteroatoms. The molecule has 0 unspecified atom stereocenters. The van der Waals surface area contributed by atoms with Crippen molar-refractivity contribution < 1.29 is 9.53 Å². The van der Waals surface area contributed by atoms with Gasteiger partial charge in [0, 0.05) is 25.2 Å². The van der Waals surface area contributed by atoms with Crippen LogP contribution >= 0.6 is 24.0 Å². The van der Waals surface area contributed by atoms with Gasteiger partial charge >= 0.3 is 0 Å². The van der Waals surface area contributed by atoms with Crippen molar-refractivity contribution in [2.75, 3.05) is 32.8 Å². The first-order valence-corrected chi connectivity index (χ1v) is 7.65. The molecule has 0 radical (unpaired) electrons. The average molecular weight is 428 g/mol. The number of guanidine groups is 1. The Morgan fingerprint density at radius 1 is 1.23 bits per heavy atom. The van der Waals surface area contributed by atoms with E-state index in [1.807, 2.05) is 27.7 Å². The maximum Gasteiger partial charge on any atom is 0.242 e. The van der Waals surface area contributed by atoms with Crippen molar-refractivity contribution in [1.29, 1.82) is 0 Å². The van der Waals surface area contributed by atoms with Gasteiger partial charge in [0.05, 0.1) is 6.61 Å². The lowest BCUT2D eigenvalue weighted by Crippen LogP contribution is -2.43. The largest absolute Gasteiger partial charge is 0.379 e. The van der Waals surface area contributed by atoms with Gasteiger partial charge < -0.3 is 20.7 Å². The van der Waals surface area contributed by atoms with Crippen LogP contribution in [0.25, 0.3) is 0 Å². The van der Waals surface area contributed by atoms with Gasteiger partial charge in [0.1, 0.15) is 6.54 Å². The van der Waals surface area contributed by atoms with E-state index in [9.17, 15) is 4.79 Å². The standard InChI is InChI=1S/C15H32N4O2.HI/c1-7-16-14(17-8-9-21-11-12(2)3)18-10-13(20)19-15(4,5)6;/h12H,7-11H2,1-6H3,(H,19,20)(H2,16,17,18);1H. The number of carbonyl (C=O) groups excluding carboxylic acids is 1. The fourth-order valence-electron chi connectivity index (χ4n) is 1.51. The first kappa shape index (κ1) is 23.7. The predicted molar refractivity (Wildman–Crippen MR) is 103 cm³/mol. The van der Waals surface area contributed by atoms with E-state index >= 15 is 0 Å². The van der Waals surface area contributed by atoms with Crippen LogP contribution in [0.1, 0.15) is 41.5 Å². The Hall–Kier alpha value is -0.570. The van der Waals surface area contributed by atoms with E-state index < -0.39 is 0 Å². The number of hydrogen-bond donors (Lipinski definition) is 3. The van der Waals surface area contributed by atoms with Crippen LogP contribution in [-0.4, -0.2) is 50.3 Å². The third kappa shape index (κ3) is 15.8. The second-order valence-electron chi connectivity index (χ2n) is 6.39. The van der Waals surface area contributed by atoms with Gasteiger partial charge in [0.2, 0.25) is 5.91 Å². The van der Waals surface area contributed by atoms with Crippen LogP contribution in [0.3, 0.4) is 0 Å². The lowest BCUT2D eigenvalue weighted by molar-refractivity contribution is -0.121. The zero-order chi connectivity index (χ0) is 16.3. The number of hydrogen-bond acceptors (Lipinski definition) is 3. The number of rotatable bonds is 8. The van der Waals surface area contributed by atoms with Gasteiger partial charge in [-0.1, -0.05) is 13.8 Å². The van der Waals surface area contributed by atoms with E-state index in [0.29, 0.717) is 25.0 Å². The van der Waals surface area contributed by atoms with Crippen LogP contribution in [0.5, 0.6) is 0 Å². The Balaban J connectivity index is 0. The normalized spacial score (nSPS) is 11.9. The molecule has 0 bridgehead atoms. The Morgan fingerprint density at radius 2 is 1.86 bits per heavy atom. The van der Waals surface area contributed by atoms with E-state index in [2.05, 4.69) is 34.8 Å². The van der Waals surface area contributed by atoms with Crippen molar-refractivity contribution in [3.63, 3.8) is 0 Å². The summed E-state index contributed by atoms with van der Waals surface area (Å²) in [5.41, 5.74) is -0.233. The highest BCUT2D eigenvalue weighted by atomic mass is 127. The average Bonchev–Trinajstić information content (AvgIpc) is 2.32. The molecule has 0 aliphatic carbocycles. The molecule has 0 aromatic carbocycles. The molecule has 1 amide bonds. The molecule has 132 valence electrons. The van der Waals surface area contributed by atoms with Crippen LogP contribution < -0.4 is 16.0 Å². The van der Waals surface area contributed by atoms with Gasteiger partial charge in [-0.3, -0.25) is 4.79 Å². The van der Waals surface area contributed by atoms with Gasteiger partial charge in [0.25, 0.3) is 0 Å². The molecule has 0 aliphatic heterocycles. The summed E-state index contributed by atoms with van der Waals surface area (Å²) < 4.78 is 5.49. The molecule has 0 heterocycles. The number of carbonyl (C=O) groups is 1. The number of amides is 1. The molecule has 0 saturated heterocycles. The number of ether oxygens (including phenoxy) is 1. The minimum atomic E-state index is -0.233. The molecule has 0 aromatic rings. The van der Waals surface area contributed by atoms with Crippen LogP contribution in [0.2, 0.25) is 0 Å². The zero-order valence-electron chi connectivity index (χ0n) is 14.8. The SMILES string of the molecule is CCNC(=NCC(=O)NC(C)(C)C)NCCOCC(C)C.I. The van der Waals surface area contributed by atoms with E-state index in [1.165, 1.54) is 0 Å². The molecule has 0 atom stereocenters. The molecular weight excluding hydrogens is 395 g/mol. The summed E-state index contributed by atoms with van der Waals surface area (Å²) in [6.07, 6.45) is 0. The Kier molecular flexibility index (Phi) is 13.9. The van der Waals surface area contributed by atoms with Crippen molar-refractivity contribution in [2.24, 2.45) is 10.9 Å². The monoisotopic (exact) mass is 428 g/mol. The topological polar surface area (TPSA) is 74.8 Å². The first-order chi connectivity index (χ1) is 9.74. The maximum absolute atomic E-state index is 11.7. The highest BCUT2D eigenvalue weighted by Crippen LogP contribution is 1.97. The molecule has 6 nitrogen and oxygen atoms in total. The number of aliphatic imine (C=N–C) groups is 1. The Bertz CT molecular complexity index is 328. The van der Waals surface area contributed by atoms with Gasteiger partial charge in [-0.05, 0) is 33.6 Å². The van der Waals surface area contributed by atoms with E-state index in [1.54, 1.807) is 0 Å². The van der Waals surface area contributed by atoms with E-state index in [4.69, 9.17) is 4.74 Å². The number of nitrogens with one attached hydrogen (secondary N) is 3. The van der Waals surface area contributed by atoms with Gasteiger partial charge in [-0.15, -0.1) is 24.0 Å². The third-order valence-electron chi connectivity index (χ3n) is 2.23. The summed E-state index contributed by atoms with van der Waals surface area (Å²) in [6, 6.07) is 0. The van der Waals surface area contributed by atoms with Gasteiger partial charge in [0.15, 0.2) is 5.96 Å². The summed E-state index contributed by atoms with van der Waals surface area (Å²) in [5, 5.41) is 9.13. The van der Waals surface area contributed by atoms with Crippen molar-refractivity contribution in [1.82, 2.24) is 16.0 Å². The molecule has 0 aromatic heterocycles. The lowest BCUT2D eigenvalue weighted by atomic mass is 10.1. The van der Waals surface area contributed by atoms with Crippen molar-refractivity contribution in [3.05, 3.63) is 0 Å². The quantitative estimate of drug-likeness (QED) is 0.238. The van der Waals surface area contributed by atoms with Crippen LogP contribution in [0.15, 0.2) is 4.99 Å². The van der Waals surface area contributed by atoms with E-state index in [0.717, 1.165) is 13.2 Å². The molecule has 0 spiro atoms. The summed E-state index contributed by atoms with van der Waals surface area (Å²) >= 11 is 0. The fraction of sp³-hybridized carbons (Fsp3) is 0.867. The molecule has 0 fully saturated rings. The van der Waals surface area contributed by atoms with Crippen LogP contribution in [-0.2, 0) is 9.53 Å². The molecule has 0 rings (SSSR count). The van der Waals surface area contributed by atoms with Gasteiger partial charge in [-0.25, -0.2) is 4.99 Å². The molecule has 0 saturated carbocycles. The smallest absolute Gasteiger partial charge is 0.242 e. The molecule has 22 heavy (non-hydrogen) atoms. The van der Waals surface area contributed by atoms with E-state index in [-0.39, 0.29) is 42.0 Å². The fourth-order valence-corrected chi connectivity index (χ4v) is 1.51. The molecule has 0 aliphatic rings. The lowest BCUT2D eigenvalue weighted by Gasteiger charge is -2.20. The molecule has 3 N–H and O–H groups in total. The summed E-state index contributed by atoms with van der Waals surface area (Å²) in [6.45, 7) is 15.0. The van der Waals surface area contributed by atoms with Crippen molar-refractivity contribution >= 4 is 35.8 Å². The minimum absolute atomic E-state index is 0. The highest BCUT2D eigenvalue weighted by molar-refractivity contribution is 14.0. The third-order valence-corrected chi connectivity index (χ3v) is 2.23. The first-order valence-electron chi connectivity index (χ1n) is 7.65.